The number of carbonyl (C=O) groups excluding carboxylic acids is 2. The molecule has 2 aromatic carbocycles. The number of anilines is 2. The van der Waals surface area contributed by atoms with E-state index in [9.17, 15) is 9.59 Å². The summed E-state index contributed by atoms with van der Waals surface area (Å²) >= 11 is 1.55. The van der Waals surface area contributed by atoms with Crippen LogP contribution in [0.1, 0.15) is 17.8 Å². The first-order chi connectivity index (χ1) is 14.7. The van der Waals surface area contributed by atoms with Crippen LogP contribution in [0.3, 0.4) is 0 Å². The van der Waals surface area contributed by atoms with Gasteiger partial charge in [0, 0.05) is 4.88 Å². The number of amides is 2. The molecule has 2 amide bonds. The number of thiophene rings is 1. The zero-order valence-corrected chi connectivity index (χ0v) is 17.1. The van der Waals surface area contributed by atoms with Gasteiger partial charge in [0.2, 0.25) is 5.91 Å². The van der Waals surface area contributed by atoms with Gasteiger partial charge < -0.3 is 4.74 Å². The van der Waals surface area contributed by atoms with Gasteiger partial charge >= 0.3 is 0 Å². The van der Waals surface area contributed by atoms with Crippen molar-refractivity contribution in [1.82, 2.24) is 0 Å². The maximum absolute atomic E-state index is 13.6. The molecular weight excluding hydrogens is 400 g/mol. The highest BCUT2D eigenvalue weighted by Crippen LogP contribution is 2.49. The minimum absolute atomic E-state index is 0.269. The normalized spacial score (nSPS) is 23.2. The van der Waals surface area contributed by atoms with Gasteiger partial charge in [0.05, 0.1) is 18.0 Å². The van der Waals surface area contributed by atoms with E-state index in [0.717, 1.165) is 10.6 Å². The number of hydrogen-bond acceptors (Lipinski definition) is 6. The summed E-state index contributed by atoms with van der Waals surface area (Å²) in [5.41, 5.74) is 1.27. The fourth-order valence-electron chi connectivity index (χ4n) is 4.12. The van der Waals surface area contributed by atoms with Crippen molar-refractivity contribution in [1.29, 1.82) is 0 Å². The molecule has 0 aliphatic carbocycles. The number of carbonyl (C=O) groups is 2. The number of nitrogens with zero attached hydrogens (tertiary/aromatic N) is 2. The van der Waals surface area contributed by atoms with E-state index in [1.807, 2.05) is 60.8 Å². The van der Waals surface area contributed by atoms with Crippen molar-refractivity contribution in [3.05, 3.63) is 77.0 Å². The number of rotatable bonds is 5. The second-order valence-corrected chi connectivity index (χ2v) is 8.07. The van der Waals surface area contributed by atoms with Crippen molar-refractivity contribution >= 4 is 34.5 Å². The number of hydroxylamine groups is 1. The molecule has 30 heavy (non-hydrogen) atoms. The van der Waals surface area contributed by atoms with Crippen LogP contribution in [0.4, 0.5) is 11.4 Å². The molecule has 3 atom stereocenters. The van der Waals surface area contributed by atoms with E-state index in [0.29, 0.717) is 18.0 Å². The Balaban J connectivity index is 1.56. The molecule has 2 saturated heterocycles. The Hall–Kier alpha value is -3.16. The summed E-state index contributed by atoms with van der Waals surface area (Å²) in [7, 11) is 0. The molecule has 0 spiro atoms. The summed E-state index contributed by atoms with van der Waals surface area (Å²) in [6, 6.07) is 20.2. The quantitative estimate of drug-likeness (QED) is 0.579. The van der Waals surface area contributed by atoms with Gasteiger partial charge in [-0.15, -0.1) is 11.3 Å². The van der Waals surface area contributed by atoms with Crippen LogP contribution in [-0.4, -0.2) is 24.5 Å². The van der Waals surface area contributed by atoms with Crippen molar-refractivity contribution in [2.75, 3.05) is 16.6 Å². The first kappa shape index (κ1) is 18.8. The predicted molar refractivity (Wildman–Crippen MR) is 114 cm³/mol. The van der Waals surface area contributed by atoms with E-state index in [1.54, 1.807) is 34.6 Å². The Morgan fingerprint density at radius 2 is 1.73 bits per heavy atom. The molecule has 0 radical (unpaired) electrons. The first-order valence-corrected chi connectivity index (χ1v) is 10.7. The largest absolute Gasteiger partial charge is 0.492 e. The summed E-state index contributed by atoms with van der Waals surface area (Å²) < 4.78 is 5.66. The lowest BCUT2D eigenvalue weighted by atomic mass is 9.95. The number of hydrogen-bond donors (Lipinski definition) is 0. The van der Waals surface area contributed by atoms with E-state index in [2.05, 4.69) is 0 Å². The molecule has 152 valence electrons. The van der Waals surface area contributed by atoms with Gasteiger partial charge in [0.25, 0.3) is 5.91 Å². The molecule has 0 N–H and O–H groups in total. The Kier molecular flexibility index (Phi) is 4.77. The van der Waals surface area contributed by atoms with Gasteiger partial charge in [-0.25, -0.2) is 9.96 Å². The molecule has 2 aliphatic heterocycles. The number of imide groups is 1. The standard InChI is InChI=1S/C23H20N2O4S/c1-2-28-17-12-7-6-11-16(17)24-22(26)19-20(18-13-8-14-30-18)25(29-21(19)23(24)27)15-9-4-3-5-10-15/h3-14,19-21H,2H2,1H3/t19-,20-,21-/m0/s1. The molecule has 5 rings (SSSR count). The van der Waals surface area contributed by atoms with Gasteiger partial charge in [-0.2, -0.15) is 0 Å². The van der Waals surface area contributed by atoms with E-state index < -0.39 is 12.0 Å². The maximum atomic E-state index is 13.6. The van der Waals surface area contributed by atoms with Crippen molar-refractivity contribution in [3.8, 4) is 5.75 Å². The van der Waals surface area contributed by atoms with E-state index >= 15 is 0 Å². The third kappa shape index (κ3) is 2.89. The number of ether oxygens (including phenoxy) is 1. The molecule has 2 fully saturated rings. The van der Waals surface area contributed by atoms with E-state index in [-0.39, 0.29) is 17.9 Å². The fourth-order valence-corrected chi connectivity index (χ4v) is 4.97. The average molecular weight is 420 g/mol. The van der Waals surface area contributed by atoms with Gasteiger partial charge in [-0.1, -0.05) is 36.4 Å². The number of fused-ring (bicyclic) bond motifs is 1. The van der Waals surface area contributed by atoms with Crippen LogP contribution >= 0.6 is 11.3 Å². The molecular formula is C23H20N2O4S. The predicted octanol–water partition coefficient (Wildman–Crippen LogP) is 4.20. The highest BCUT2D eigenvalue weighted by Gasteiger charge is 2.60. The maximum Gasteiger partial charge on any atom is 0.266 e. The highest BCUT2D eigenvalue weighted by atomic mass is 32.1. The Morgan fingerprint density at radius 1 is 0.967 bits per heavy atom. The summed E-state index contributed by atoms with van der Waals surface area (Å²) in [5, 5.41) is 3.68. The lowest BCUT2D eigenvalue weighted by molar-refractivity contribution is -0.126. The van der Waals surface area contributed by atoms with Gasteiger partial charge in [0.15, 0.2) is 6.10 Å². The van der Waals surface area contributed by atoms with Crippen molar-refractivity contribution in [2.24, 2.45) is 5.92 Å². The Morgan fingerprint density at radius 3 is 2.47 bits per heavy atom. The minimum atomic E-state index is -0.875. The second kappa shape index (κ2) is 7.59. The van der Waals surface area contributed by atoms with E-state index in [1.165, 1.54) is 4.90 Å². The van der Waals surface area contributed by atoms with Crippen LogP contribution in [0.25, 0.3) is 0 Å². The molecule has 0 bridgehead atoms. The van der Waals surface area contributed by atoms with Gasteiger partial charge in [0.1, 0.15) is 17.7 Å². The molecule has 1 aromatic heterocycles. The van der Waals surface area contributed by atoms with Crippen molar-refractivity contribution < 1.29 is 19.2 Å². The number of benzene rings is 2. The summed E-state index contributed by atoms with van der Waals surface area (Å²) in [6.07, 6.45) is -0.875. The lowest BCUT2D eigenvalue weighted by Gasteiger charge is -2.28. The number of para-hydroxylation sites is 3. The van der Waals surface area contributed by atoms with Gasteiger partial charge in [-0.05, 0) is 42.6 Å². The summed E-state index contributed by atoms with van der Waals surface area (Å²) in [6.45, 7) is 2.31. The molecule has 0 saturated carbocycles. The van der Waals surface area contributed by atoms with Crippen LogP contribution in [-0.2, 0) is 14.4 Å². The molecule has 0 unspecified atom stereocenters. The highest BCUT2D eigenvalue weighted by molar-refractivity contribution is 7.10. The van der Waals surface area contributed by atoms with Crippen LogP contribution < -0.4 is 14.7 Å². The fraction of sp³-hybridized carbons (Fsp3) is 0.217. The smallest absolute Gasteiger partial charge is 0.266 e. The van der Waals surface area contributed by atoms with Gasteiger partial charge in [-0.3, -0.25) is 14.4 Å². The molecule has 6 nitrogen and oxygen atoms in total. The van der Waals surface area contributed by atoms with Crippen LogP contribution in [0.15, 0.2) is 72.1 Å². The van der Waals surface area contributed by atoms with Crippen LogP contribution in [0.5, 0.6) is 5.75 Å². The third-order valence-electron chi connectivity index (χ3n) is 5.37. The monoisotopic (exact) mass is 420 g/mol. The Labute approximate surface area is 178 Å². The zero-order valence-electron chi connectivity index (χ0n) is 16.3. The average Bonchev–Trinajstić information content (AvgIpc) is 3.48. The Bertz CT molecular complexity index is 1070. The summed E-state index contributed by atoms with van der Waals surface area (Å²) in [4.78, 5) is 35.3. The zero-order chi connectivity index (χ0) is 20.7. The molecule has 3 aromatic rings. The molecule has 3 heterocycles. The SMILES string of the molecule is CCOc1ccccc1N1C(=O)[C@@H]2[C@H](ON(c3ccccc3)[C@H]2c2cccs2)C1=O. The van der Waals surface area contributed by atoms with Crippen LogP contribution in [0.2, 0.25) is 0 Å². The third-order valence-corrected chi connectivity index (χ3v) is 6.31. The van der Waals surface area contributed by atoms with E-state index in [4.69, 9.17) is 9.57 Å². The molecule has 7 heteroatoms. The van der Waals surface area contributed by atoms with Crippen molar-refractivity contribution in [2.45, 2.75) is 19.1 Å². The lowest BCUT2D eigenvalue weighted by Crippen LogP contribution is -2.37. The second-order valence-electron chi connectivity index (χ2n) is 7.09. The summed E-state index contributed by atoms with van der Waals surface area (Å²) in [5.74, 6) is -0.758. The topological polar surface area (TPSA) is 59.1 Å². The first-order valence-electron chi connectivity index (χ1n) is 9.84. The minimum Gasteiger partial charge on any atom is -0.492 e. The van der Waals surface area contributed by atoms with Crippen molar-refractivity contribution in [3.63, 3.8) is 0 Å². The van der Waals surface area contributed by atoms with Crippen LogP contribution in [0, 0.1) is 5.92 Å². The molecule has 2 aliphatic rings.